The van der Waals surface area contributed by atoms with Gasteiger partial charge in [0.05, 0.1) is 12.4 Å². The van der Waals surface area contributed by atoms with Gasteiger partial charge in [0.25, 0.3) is 0 Å². The molecular weight excluding hydrogens is 162 g/mol. The van der Waals surface area contributed by atoms with Gasteiger partial charge in [-0.3, -0.25) is 4.98 Å². The summed E-state index contributed by atoms with van der Waals surface area (Å²) in [5, 5.41) is 0. The van der Waals surface area contributed by atoms with E-state index in [-0.39, 0.29) is 5.69 Å². The Kier molecular flexibility index (Phi) is 2.58. The van der Waals surface area contributed by atoms with Crippen LogP contribution in [0.5, 0.6) is 0 Å². The molecule has 0 atom stereocenters. The van der Waals surface area contributed by atoms with Crippen LogP contribution in [0.4, 0.5) is 14.5 Å². The first-order valence-corrected chi connectivity index (χ1v) is 3.67. The standard InChI is InChI=1S/C8H10F2N2/c1-3-12(2)8-6(9)4-11-5-7(8)10/h4-5H,3H2,1-2H3. The van der Waals surface area contributed by atoms with Crippen molar-refractivity contribution in [3.63, 3.8) is 0 Å². The lowest BCUT2D eigenvalue weighted by molar-refractivity contribution is 0.568. The number of hydrogen-bond acceptors (Lipinski definition) is 2. The largest absolute Gasteiger partial charge is 0.370 e. The topological polar surface area (TPSA) is 16.1 Å². The average Bonchev–Trinajstić information content (AvgIpc) is 2.03. The molecule has 0 fully saturated rings. The molecule has 4 heteroatoms. The Balaban J connectivity index is 3.12. The molecule has 66 valence electrons. The third-order valence-electron chi connectivity index (χ3n) is 1.68. The van der Waals surface area contributed by atoms with E-state index in [2.05, 4.69) is 4.98 Å². The van der Waals surface area contributed by atoms with Crippen molar-refractivity contribution in [3.8, 4) is 0 Å². The highest BCUT2D eigenvalue weighted by Crippen LogP contribution is 2.19. The monoisotopic (exact) mass is 172 g/mol. The van der Waals surface area contributed by atoms with Crippen molar-refractivity contribution in [3.05, 3.63) is 24.0 Å². The molecule has 0 spiro atoms. The second-order valence-corrected chi connectivity index (χ2v) is 2.47. The molecule has 0 aliphatic carbocycles. The molecule has 0 radical (unpaired) electrons. The second-order valence-electron chi connectivity index (χ2n) is 2.47. The molecule has 0 N–H and O–H groups in total. The van der Waals surface area contributed by atoms with Gasteiger partial charge in [-0.25, -0.2) is 8.78 Å². The van der Waals surface area contributed by atoms with Crippen molar-refractivity contribution in [1.29, 1.82) is 0 Å². The lowest BCUT2D eigenvalue weighted by atomic mass is 10.3. The molecule has 0 saturated carbocycles. The maximum Gasteiger partial charge on any atom is 0.167 e. The van der Waals surface area contributed by atoms with Crippen molar-refractivity contribution in [2.75, 3.05) is 18.5 Å². The van der Waals surface area contributed by atoms with E-state index in [1.54, 1.807) is 7.05 Å². The summed E-state index contributed by atoms with van der Waals surface area (Å²) in [5.74, 6) is -1.25. The highest BCUT2D eigenvalue weighted by atomic mass is 19.1. The minimum Gasteiger partial charge on any atom is -0.370 e. The van der Waals surface area contributed by atoms with E-state index in [0.29, 0.717) is 6.54 Å². The zero-order chi connectivity index (χ0) is 9.14. The SMILES string of the molecule is CCN(C)c1c(F)cncc1F. The van der Waals surface area contributed by atoms with Crippen molar-refractivity contribution < 1.29 is 8.78 Å². The van der Waals surface area contributed by atoms with Crippen LogP contribution in [0, 0.1) is 11.6 Å². The molecule has 0 aliphatic rings. The minimum absolute atomic E-state index is 0.0208. The van der Waals surface area contributed by atoms with E-state index < -0.39 is 11.6 Å². The van der Waals surface area contributed by atoms with Crippen molar-refractivity contribution in [1.82, 2.24) is 4.98 Å². The first kappa shape index (κ1) is 8.90. The van der Waals surface area contributed by atoms with Gasteiger partial charge < -0.3 is 4.90 Å². The number of anilines is 1. The van der Waals surface area contributed by atoms with Gasteiger partial charge in [0.2, 0.25) is 0 Å². The summed E-state index contributed by atoms with van der Waals surface area (Å²) in [6.07, 6.45) is 2.01. The van der Waals surface area contributed by atoms with Gasteiger partial charge in [-0.05, 0) is 6.92 Å². The van der Waals surface area contributed by atoms with Gasteiger partial charge in [-0.1, -0.05) is 0 Å². The van der Waals surface area contributed by atoms with Gasteiger partial charge in [0.1, 0.15) is 5.69 Å². The van der Waals surface area contributed by atoms with Crippen LogP contribution in [-0.2, 0) is 0 Å². The van der Waals surface area contributed by atoms with Crippen molar-refractivity contribution in [2.24, 2.45) is 0 Å². The zero-order valence-electron chi connectivity index (χ0n) is 7.01. The number of pyridine rings is 1. The van der Waals surface area contributed by atoms with E-state index in [4.69, 9.17) is 0 Å². The van der Waals surface area contributed by atoms with Crippen LogP contribution in [0.25, 0.3) is 0 Å². The molecule has 0 unspecified atom stereocenters. The maximum atomic E-state index is 12.9. The van der Waals surface area contributed by atoms with Crippen molar-refractivity contribution in [2.45, 2.75) is 6.92 Å². The molecule has 1 rings (SSSR count). The summed E-state index contributed by atoms with van der Waals surface area (Å²) in [4.78, 5) is 4.88. The molecule has 1 aromatic rings. The van der Waals surface area contributed by atoms with E-state index in [1.165, 1.54) is 4.90 Å². The summed E-state index contributed by atoms with van der Waals surface area (Å²) < 4.78 is 25.9. The molecule has 0 aliphatic heterocycles. The lowest BCUT2D eigenvalue weighted by Crippen LogP contribution is -2.18. The maximum absolute atomic E-state index is 12.9. The van der Waals surface area contributed by atoms with Crippen LogP contribution in [0.3, 0.4) is 0 Å². The van der Waals surface area contributed by atoms with E-state index >= 15 is 0 Å². The number of halogens is 2. The van der Waals surface area contributed by atoms with Gasteiger partial charge in [-0.15, -0.1) is 0 Å². The number of hydrogen-bond donors (Lipinski definition) is 0. The first-order valence-electron chi connectivity index (χ1n) is 3.67. The quantitative estimate of drug-likeness (QED) is 0.676. The Bertz CT molecular complexity index is 256. The molecule has 0 aromatic carbocycles. The average molecular weight is 172 g/mol. The number of nitrogens with zero attached hydrogens (tertiary/aromatic N) is 2. The Morgan fingerprint density at radius 1 is 1.33 bits per heavy atom. The highest BCUT2D eigenvalue weighted by molar-refractivity contribution is 5.46. The fraction of sp³-hybridized carbons (Fsp3) is 0.375. The van der Waals surface area contributed by atoms with Crippen LogP contribution in [0.2, 0.25) is 0 Å². The normalized spacial score (nSPS) is 10.0. The summed E-state index contributed by atoms with van der Waals surface area (Å²) in [6.45, 7) is 2.37. The molecule has 1 heterocycles. The predicted octanol–water partition coefficient (Wildman–Crippen LogP) is 1.82. The van der Waals surface area contributed by atoms with Gasteiger partial charge >= 0.3 is 0 Å². The first-order chi connectivity index (χ1) is 5.66. The summed E-state index contributed by atoms with van der Waals surface area (Å²) in [6, 6.07) is 0. The number of aromatic nitrogens is 1. The van der Waals surface area contributed by atoms with Crippen LogP contribution in [0.1, 0.15) is 6.92 Å². The van der Waals surface area contributed by atoms with Gasteiger partial charge in [0.15, 0.2) is 11.6 Å². The molecule has 0 amide bonds. The van der Waals surface area contributed by atoms with Gasteiger partial charge in [0, 0.05) is 13.6 Å². The van der Waals surface area contributed by atoms with E-state index in [0.717, 1.165) is 12.4 Å². The van der Waals surface area contributed by atoms with Crippen LogP contribution >= 0.6 is 0 Å². The lowest BCUT2D eigenvalue weighted by Gasteiger charge is -2.17. The fourth-order valence-electron chi connectivity index (χ4n) is 0.927. The Morgan fingerprint density at radius 3 is 2.25 bits per heavy atom. The van der Waals surface area contributed by atoms with Crippen LogP contribution in [0.15, 0.2) is 12.4 Å². The third-order valence-corrected chi connectivity index (χ3v) is 1.68. The predicted molar refractivity (Wildman–Crippen MR) is 43.1 cm³/mol. The Labute approximate surface area is 69.8 Å². The highest BCUT2D eigenvalue weighted by Gasteiger charge is 2.11. The van der Waals surface area contributed by atoms with E-state index in [1.807, 2.05) is 6.92 Å². The molecule has 0 saturated heterocycles. The molecule has 1 aromatic heterocycles. The van der Waals surface area contributed by atoms with Gasteiger partial charge in [-0.2, -0.15) is 0 Å². The molecule has 12 heavy (non-hydrogen) atoms. The molecule has 2 nitrogen and oxygen atoms in total. The van der Waals surface area contributed by atoms with Crippen LogP contribution in [-0.4, -0.2) is 18.6 Å². The second kappa shape index (κ2) is 3.47. The Hall–Kier alpha value is -1.19. The smallest absolute Gasteiger partial charge is 0.167 e. The molecule has 0 bridgehead atoms. The van der Waals surface area contributed by atoms with Crippen LogP contribution < -0.4 is 4.90 Å². The minimum atomic E-state index is -0.626. The fourth-order valence-corrected chi connectivity index (χ4v) is 0.927. The van der Waals surface area contributed by atoms with E-state index in [9.17, 15) is 8.78 Å². The number of rotatable bonds is 2. The third kappa shape index (κ3) is 1.52. The Morgan fingerprint density at radius 2 is 1.83 bits per heavy atom. The summed E-state index contributed by atoms with van der Waals surface area (Å²) in [7, 11) is 1.63. The van der Waals surface area contributed by atoms with Crippen molar-refractivity contribution >= 4 is 5.69 Å². The summed E-state index contributed by atoms with van der Waals surface area (Å²) >= 11 is 0. The zero-order valence-corrected chi connectivity index (χ0v) is 7.01. The molecular formula is C8H10F2N2. The summed E-state index contributed by atoms with van der Waals surface area (Å²) in [5.41, 5.74) is -0.0208.